The molecule has 218 valence electrons. The van der Waals surface area contributed by atoms with Gasteiger partial charge in [0.1, 0.15) is 12.4 Å². The van der Waals surface area contributed by atoms with Gasteiger partial charge in [-0.15, -0.1) is 0 Å². The number of aliphatic hydroxyl groups is 2. The molecule has 0 saturated carbocycles. The van der Waals surface area contributed by atoms with E-state index >= 15 is 0 Å². The van der Waals surface area contributed by atoms with Crippen LogP contribution in [0.25, 0.3) is 0 Å². The quantitative estimate of drug-likeness (QED) is 0.200. The number of hydrogen-bond acceptors (Lipinski definition) is 4. The Labute approximate surface area is 225 Å². The normalized spacial score (nSPS) is 13.6. The number of aryl methyl sites for hydroxylation is 2. The summed E-state index contributed by atoms with van der Waals surface area (Å²) >= 11 is 0. The van der Waals surface area contributed by atoms with Crippen molar-refractivity contribution in [3.05, 3.63) is 64.2 Å². The zero-order valence-electron chi connectivity index (χ0n) is 22.5. The van der Waals surface area contributed by atoms with Crippen molar-refractivity contribution >= 4 is 5.78 Å². The summed E-state index contributed by atoms with van der Waals surface area (Å²) in [6, 6.07) is 10.2. The maximum Gasteiger partial charge on any atom is 0.400 e. The van der Waals surface area contributed by atoms with Crippen molar-refractivity contribution < 1.29 is 46.1 Å². The molecule has 0 aliphatic carbocycles. The highest BCUT2D eigenvalue weighted by molar-refractivity contribution is 5.97. The highest BCUT2D eigenvalue weighted by Gasteiger charge is 2.57. The second kappa shape index (κ2) is 13.2. The summed E-state index contributed by atoms with van der Waals surface area (Å²) in [5, 5.41) is 18.9. The van der Waals surface area contributed by atoms with Crippen LogP contribution in [-0.4, -0.2) is 47.7 Å². The van der Waals surface area contributed by atoms with E-state index in [1.54, 1.807) is 18.2 Å². The van der Waals surface area contributed by atoms with E-state index in [-0.39, 0.29) is 18.8 Å². The Kier molecular flexibility index (Phi) is 11.0. The van der Waals surface area contributed by atoms with E-state index in [0.29, 0.717) is 37.0 Å². The Hall–Kier alpha value is -2.59. The van der Waals surface area contributed by atoms with Crippen LogP contribution in [0.5, 0.6) is 5.75 Å². The fourth-order valence-electron chi connectivity index (χ4n) is 4.92. The van der Waals surface area contributed by atoms with Crippen molar-refractivity contribution in [2.75, 3.05) is 13.2 Å². The van der Waals surface area contributed by atoms with Crippen LogP contribution in [-0.2, 0) is 5.41 Å². The molecule has 1 atom stereocenters. The van der Waals surface area contributed by atoms with Crippen LogP contribution in [0.4, 0.5) is 26.3 Å². The maximum absolute atomic E-state index is 13.0. The zero-order chi connectivity index (χ0) is 29.6. The first-order valence-corrected chi connectivity index (χ1v) is 12.9. The molecule has 0 unspecified atom stereocenters. The number of hydrogen-bond donors (Lipinski definition) is 2. The summed E-state index contributed by atoms with van der Waals surface area (Å²) in [6.45, 7) is 7.38. The number of carbonyl (C=O) groups excluding carboxylic acids is 1. The topological polar surface area (TPSA) is 66.8 Å². The minimum Gasteiger partial charge on any atom is -0.491 e. The summed E-state index contributed by atoms with van der Waals surface area (Å²) in [5.41, 5.74) is 2.15. The van der Waals surface area contributed by atoms with E-state index in [1.807, 2.05) is 32.9 Å². The predicted molar refractivity (Wildman–Crippen MR) is 136 cm³/mol. The van der Waals surface area contributed by atoms with Gasteiger partial charge in [0.2, 0.25) is 0 Å². The molecule has 2 N–H and O–H groups in total. The van der Waals surface area contributed by atoms with Gasteiger partial charge in [-0.25, -0.2) is 0 Å². The Morgan fingerprint density at radius 3 is 1.90 bits per heavy atom. The van der Waals surface area contributed by atoms with Gasteiger partial charge in [0, 0.05) is 24.0 Å². The van der Waals surface area contributed by atoms with E-state index in [4.69, 9.17) is 9.84 Å². The molecule has 2 aromatic rings. The molecule has 4 nitrogen and oxygen atoms in total. The molecule has 0 heterocycles. The Morgan fingerprint density at radius 1 is 0.897 bits per heavy atom. The number of halogens is 6. The lowest BCUT2D eigenvalue weighted by Crippen LogP contribution is -2.38. The van der Waals surface area contributed by atoms with Crippen molar-refractivity contribution in [2.24, 2.45) is 5.92 Å². The van der Waals surface area contributed by atoms with Gasteiger partial charge in [0.25, 0.3) is 0 Å². The lowest BCUT2D eigenvalue weighted by Gasteiger charge is -2.34. The number of alkyl halides is 6. The van der Waals surface area contributed by atoms with Crippen molar-refractivity contribution in [3.8, 4) is 5.75 Å². The Morgan fingerprint density at radius 2 is 1.44 bits per heavy atom. The highest BCUT2D eigenvalue weighted by atomic mass is 19.4. The first kappa shape index (κ1) is 32.6. The van der Waals surface area contributed by atoms with Gasteiger partial charge >= 0.3 is 12.4 Å². The number of ether oxygens (including phenoxy) is 1. The smallest absolute Gasteiger partial charge is 0.400 e. The van der Waals surface area contributed by atoms with Crippen molar-refractivity contribution in [2.45, 2.75) is 83.7 Å². The number of benzene rings is 2. The third-order valence-corrected chi connectivity index (χ3v) is 7.32. The first-order chi connectivity index (χ1) is 18.1. The van der Waals surface area contributed by atoms with Gasteiger partial charge in [0.05, 0.1) is 6.10 Å². The molecule has 0 bridgehead atoms. The van der Waals surface area contributed by atoms with Crippen LogP contribution in [0.3, 0.4) is 0 Å². The van der Waals surface area contributed by atoms with Gasteiger partial charge in [0.15, 0.2) is 11.7 Å². The summed E-state index contributed by atoms with van der Waals surface area (Å²) in [7, 11) is 0. The number of aliphatic hydroxyl groups excluding tert-OH is 2. The monoisotopic (exact) mass is 562 g/mol. The van der Waals surface area contributed by atoms with Gasteiger partial charge in [-0.05, 0) is 67.9 Å². The average Bonchev–Trinajstić information content (AvgIpc) is 2.85. The van der Waals surface area contributed by atoms with Crippen LogP contribution in [0.1, 0.15) is 78.6 Å². The summed E-state index contributed by atoms with van der Waals surface area (Å²) in [5.74, 6) is -4.35. The largest absolute Gasteiger partial charge is 0.491 e. The summed E-state index contributed by atoms with van der Waals surface area (Å²) in [6.07, 6.45) is -11.4. The highest BCUT2D eigenvalue weighted by Crippen LogP contribution is 2.43. The van der Waals surface area contributed by atoms with Crippen LogP contribution in [0.2, 0.25) is 0 Å². The third kappa shape index (κ3) is 7.97. The predicted octanol–water partition coefficient (Wildman–Crippen LogP) is 7.24. The number of rotatable bonds is 13. The number of Topliss-reactive ketones (excluding diaryl/α,β-unsaturated/α-hetero) is 1. The molecule has 0 aromatic heterocycles. The number of carbonyl (C=O) groups is 1. The molecule has 39 heavy (non-hydrogen) atoms. The van der Waals surface area contributed by atoms with E-state index in [2.05, 4.69) is 0 Å². The first-order valence-electron chi connectivity index (χ1n) is 12.9. The fourth-order valence-corrected chi connectivity index (χ4v) is 4.92. The zero-order valence-corrected chi connectivity index (χ0v) is 22.5. The SMILES string of the molecule is CCC(CC)(c1ccc(OC[C@H](O)CCCO)c(C)c1)c1ccc(C(=O)CC(C(F)(F)F)C(F)(F)F)c(C)c1. The third-order valence-electron chi connectivity index (χ3n) is 7.32. The van der Waals surface area contributed by atoms with Crippen molar-refractivity contribution in [1.29, 1.82) is 0 Å². The fraction of sp³-hybridized carbons (Fsp3) is 0.552. The molecule has 2 rings (SSSR count). The van der Waals surface area contributed by atoms with E-state index in [0.717, 1.165) is 16.7 Å². The second-order valence-corrected chi connectivity index (χ2v) is 9.89. The molecule has 2 aromatic carbocycles. The molecule has 0 fully saturated rings. The average molecular weight is 563 g/mol. The van der Waals surface area contributed by atoms with Crippen LogP contribution >= 0.6 is 0 Å². The molecule has 0 spiro atoms. The van der Waals surface area contributed by atoms with Crippen molar-refractivity contribution in [1.82, 2.24) is 0 Å². The van der Waals surface area contributed by atoms with E-state index in [1.165, 1.54) is 13.0 Å². The minimum absolute atomic E-state index is 0.0167. The van der Waals surface area contributed by atoms with Gasteiger partial charge in [-0.3, -0.25) is 4.79 Å². The van der Waals surface area contributed by atoms with E-state index < -0.39 is 42.0 Å². The molecule has 10 heteroatoms. The van der Waals surface area contributed by atoms with E-state index in [9.17, 15) is 36.2 Å². The lowest BCUT2D eigenvalue weighted by atomic mass is 9.69. The number of ketones is 1. The van der Waals surface area contributed by atoms with Gasteiger partial charge < -0.3 is 14.9 Å². The Balaban J connectivity index is 2.35. The van der Waals surface area contributed by atoms with Crippen LogP contribution < -0.4 is 4.74 Å². The minimum atomic E-state index is -5.58. The molecular weight excluding hydrogens is 526 g/mol. The van der Waals surface area contributed by atoms with Gasteiger partial charge in [-0.1, -0.05) is 44.2 Å². The molecule has 0 amide bonds. The summed E-state index contributed by atoms with van der Waals surface area (Å²) in [4.78, 5) is 12.5. The molecule has 0 aliphatic heterocycles. The van der Waals surface area contributed by atoms with Crippen LogP contribution in [0.15, 0.2) is 36.4 Å². The molecule has 0 saturated heterocycles. The summed E-state index contributed by atoms with van der Waals surface area (Å²) < 4.78 is 83.7. The molecule has 0 aliphatic rings. The van der Waals surface area contributed by atoms with Crippen LogP contribution in [0, 0.1) is 19.8 Å². The second-order valence-electron chi connectivity index (χ2n) is 9.89. The molecular formula is C29H36F6O4. The standard InChI is InChI=1S/C29H36F6O4/c1-5-27(6-2,21-10-12-25(19(4)15-21)39-17-22(37)8-7-13-36)20-9-11-23(18(3)14-20)24(38)16-26(28(30,31)32)29(33,34)35/h9-12,14-15,22,26,36-37H,5-8,13,16-17H2,1-4H3/t22-/m1/s1. The van der Waals surface area contributed by atoms with Crippen molar-refractivity contribution in [3.63, 3.8) is 0 Å². The van der Waals surface area contributed by atoms with Gasteiger partial charge in [-0.2, -0.15) is 26.3 Å². The lowest BCUT2D eigenvalue weighted by molar-refractivity contribution is -0.282. The molecule has 0 radical (unpaired) electrons. The Bertz CT molecular complexity index is 1090. The maximum atomic E-state index is 13.0.